The molecule has 17 heavy (non-hydrogen) atoms. The van der Waals surface area contributed by atoms with Gasteiger partial charge in [0, 0.05) is 12.3 Å². The van der Waals surface area contributed by atoms with E-state index >= 15 is 0 Å². The van der Waals surface area contributed by atoms with Crippen LogP contribution in [0.25, 0.3) is 0 Å². The Balaban J connectivity index is 4.56. The van der Waals surface area contributed by atoms with Crippen LogP contribution in [-0.2, 0) is 4.79 Å². The average molecular weight is 238 g/mol. The van der Waals surface area contributed by atoms with Gasteiger partial charge in [0.2, 0.25) is 0 Å². The van der Waals surface area contributed by atoms with Gasteiger partial charge in [0.05, 0.1) is 0 Å². The summed E-state index contributed by atoms with van der Waals surface area (Å²) in [6.45, 7) is 16.8. The highest BCUT2D eigenvalue weighted by atomic mass is 16.1. The van der Waals surface area contributed by atoms with Gasteiger partial charge in [0.25, 0.3) is 0 Å². The van der Waals surface area contributed by atoms with Crippen molar-refractivity contribution in [1.82, 2.24) is 0 Å². The molecule has 0 heterocycles. The van der Waals surface area contributed by atoms with Crippen molar-refractivity contribution < 1.29 is 4.79 Å². The lowest BCUT2D eigenvalue weighted by Crippen LogP contribution is -2.25. The van der Waals surface area contributed by atoms with E-state index in [1.165, 1.54) is 0 Å². The van der Waals surface area contributed by atoms with Crippen LogP contribution in [0, 0.1) is 16.7 Å². The molecule has 0 aliphatic rings. The maximum atomic E-state index is 12.3. The Bertz CT molecular complexity index is 250. The molecule has 0 bridgehead atoms. The molecule has 100 valence electrons. The highest BCUT2D eigenvalue weighted by molar-refractivity contribution is 5.81. The summed E-state index contributed by atoms with van der Waals surface area (Å²) in [6, 6.07) is 0. The fraction of sp³-hybridized carbons (Fsp3) is 0.812. The molecule has 0 amide bonds. The zero-order chi connectivity index (χ0) is 13.7. The van der Waals surface area contributed by atoms with Crippen molar-refractivity contribution in [2.45, 2.75) is 67.2 Å². The molecule has 0 rings (SSSR count). The molecule has 0 saturated carbocycles. The fourth-order valence-electron chi connectivity index (χ4n) is 2.10. The van der Waals surface area contributed by atoms with E-state index in [-0.39, 0.29) is 16.7 Å². The Morgan fingerprint density at radius 1 is 1.12 bits per heavy atom. The summed E-state index contributed by atoms with van der Waals surface area (Å²) >= 11 is 0. The molecular weight excluding hydrogens is 208 g/mol. The van der Waals surface area contributed by atoms with E-state index in [1.54, 1.807) is 0 Å². The molecule has 0 radical (unpaired) electrons. The van der Waals surface area contributed by atoms with Gasteiger partial charge in [-0.05, 0) is 30.1 Å². The third-order valence-electron chi connectivity index (χ3n) is 2.74. The monoisotopic (exact) mass is 238 g/mol. The minimum atomic E-state index is 0.0986. The maximum Gasteiger partial charge on any atom is 0.136 e. The Kier molecular flexibility index (Phi) is 6.15. The van der Waals surface area contributed by atoms with E-state index in [4.69, 9.17) is 0 Å². The number of carbonyl (C=O) groups is 1. The second kappa shape index (κ2) is 6.37. The first-order valence-corrected chi connectivity index (χ1v) is 6.69. The lowest BCUT2D eigenvalue weighted by atomic mass is 9.77. The van der Waals surface area contributed by atoms with Gasteiger partial charge in [-0.25, -0.2) is 0 Å². The highest BCUT2D eigenvalue weighted by Gasteiger charge is 2.27. The summed E-state index contributed by atoms with van der Waals surface area (Å²) in [4.78, 5) is 12.3. The van der Waals surface area contributed by atoms with Crippen molar-refractivity contribution in [1.29, 1.82) is 0 Å². The Morgan fingerprint density at radius 2 is 1.65 bits per heavy atom. The van der Waals surface area contributed by atoms with Crippen molar-refractivity contribution in [3.8, 4) is 0 Å². The number of ketones is 1. The summed E-state index contributed by atoms with van der Waals surface area (Å²) in [5, 5.41) is 0. The molecule has 0 aromatic rings. The van der Waals surface area contributed by atoms with Crippen LogP contribution in [0.4, 0.5) is 0 Å². The maximum absolute atomic E-state index is 12.3. The summed E-state index contributed by atoms with van der Waals surface area (Å²) in [5.41, 5.74) is 0.320. The quantitative estimate of drug-likeness (QED) is 0.594. The van der Waals surface area contributed by atoms with Gasteiger partial charge in [0.1, 0.15) is 5.78 Å². The number of allylic oxidation sites excluding steroid dienone is 1. The third-order valence-corrected chi connectivity index (χ3v) is 2.74. The topological polar surface area (TPSA) is 17.1 Å². The number of hydrogen-bond acceptors (Lipinski definition) is 1. The first-order chi connectivity index (χ1) is 7.55. The summed E-state index contributed by atoms with van der Waals surface area (Å²) in [5.74, 6) is 0.626. The normalized spacial score (nSPS) is 14.5. The number of rotatable bonds is 6. The molecule has 0 N–H and O–H groups in total. The van der Waals surface area contributed by atoms with Gasteiger partial charge in [-0.15, -0.1) is 6.58 Å². The van der Waals surface area contributed by atoms with E-state index in [2.05, 4.69) is 48.1 Å². The second-order valence-corrected chi connectivity index (χ2v) is 7.53. The van der Waals surface area contributed by atoms with Crippen LogP contribution in [0.3, 0.4) is 0 Å². The van der Waals surface area contributed by atoms with Gasteiger partial charge < -0.3 is 0 Å². The minimum Gasteiger partial charge on any atom is -0.299 e. The van der Waals surface area contributed by atoms with Gasteiger partial charge in [-0.1, -0.05) is 47.6 Å². The van der Waals surface area contributed by atoms with Crippen LogP contribution >= 0.6 is 0 Å². The van der Waals surface area contributed by atoms with Crippen LogP contribution in [0.5, 0.6) is 0 Å². The minimum absolute atomic E-state index is 0.0986. The van der Waals surface area contributed by atoms with E-state index in [1.807, 2.05) is 6.08 Å². The fourth-order valence-corrected chi connectivity index (χ4v) is 2.10. The van der Waals surface area contributed by atoms with Crippen LogP contribution in [0.2, 0.25) is 0 Å². The second-order valence-electron chi connectivity index (χ2n) is 7.53. The van der Waals surface area contributed by atoms with Crippen LogP contribution in [0.1, 0.15) is 67.2 Å². The standard InChI is InChI=1S/C16H30O/c1-8-9-10-13(11-15(2,3)4)14(17)12-16(5,6)7/h8,13H,1,9-12H2,2-7H3. The molecule has 0 aromatic heterocycles. The van der Waals surface area contributed by atoms with Gasteiger partial charge >= 0.3 is 0 Å². The number of hydrogen-bond donors (Lipinski definition) is 0. The molecule has 0 aromatic carbocycles. The number of carbonyl (C=O) groups excluding carboxylic acids is 1. The smallest absolute Gasteiger partial charge is 0.136 e. The Labute approximate surface area is 108 Å². The van der Waals surface area contributed by atoms with E-state index in [9.17, 15) is 4.79 Å². The summed E-state index contributed by atoms with van der Waals surface area (Å²) in [7, 11) is 0. The van der Waals surface area contributed by atoms with Crippen LogP contribution in [0.15, 0.2) is 12.7 Å². The van der Waals surface area contributed by atoms with E-state index in [0.29, 0.717) is 12.2 Å². The molecule has 0 aliphatic carbocycles. The zero-order valence-corrected chi connectivity index (χ0v) is 12.6. The van der Waals surface area contributed by atoms with Crippen molar-refractivity contribution in [2.24, 2.45) is 16.7 Å². The number of Topliss-reactive ketones (excluding diaryl/α,β-unsaturated/α-hetero) is 1. The third kappa shape index (κ3) is 9.14. The molecule has 0 spiro atoms. The molecule has 1 heteroatoms. The van der Waals surface area contributed by atoms with Crippen molar-refractivity contribution >= 4 is 5.78 Å². The lowest BCUT2D eigenvalue weighted by Gasteiger charge is -2.27. The predicted molar refractivity (Wildman–Crippen MR) is 76.1 cm³/mol. The lowest BCUT2D eigenvalue weighted by molar-refractivity contribution is -0.125. The average Bonchev–Trinajstić information content (AvgIpc) is 2.07. The first-order valence-electron chi connectivity index (χ1n) is 6.69. The Morgan fingerprint density at radius 3 is 2.00 bits per heavy atom. The van der Waals surface area contributed by atoms with E-state index < -0.39 is 0 Å². The van der Waals surface area contributed by atoms with Gasteiger partial charge in [0.15, 0.2) is 0 Å². The van der Waals surface area contributed by atoms with Gasteiger partial charge in [-0.3, -0.25) is 4.79 Å². The van der Waals surface area contributed by atoms with Crippen molar-refractivity contribution in [3.05, 3.63) is 12.7 Å². The first kappa shape index (κ1) is 16.4. The molecule has 0 saturated heterocycles. The molecule has 1 unspecified atom stereocenters. The molecule has 1 nitrogen and oxygen atoms in total. The van der Waals surface area contributed by atoms with Crippen LogP contribution in [-0.4, -0.2) is 5.78 Å². The zero-order valence-electron chi connectivity index (χ0n) is 12.6. The predicted octanol–water partition coefficient (Wildman–Crippen LogP) is 5.01. The highest BCUT2D eigenvalue weighted by Crippen LogP contribution is 2.31. The van der Waals surface area contributed by atoms with Crippen molar-refractivity contribution in [2.75, 3.05) is 0 Å². The Hall–Kier alpha value is -0.590. The largest absolute Gasteiger partial charge is 0.299 e. The summed E-state index contributed by atoms with van der Waals surface area (Å²) in [6.07, 6.45) is 5.48. The van der Waals surface area contributed by atoms with Crippen LogP contribution < -0.4 is 0 Å². The molecule has 0 fully saturated rings. The van der Waals surface area contributed by atoms with E-state index in [0.717, 1.165) is 19.3 Å². The van der Waals surface area contributed by atoms with Gasteiger partial charge in [-0.2, -0.15) is 0 Å². The molecular formula is C16H30O. The summed E-state index contributed by atoms with van der Waals surface area (Å²) < 4.78 is 0. The van der Waals surface area contributed by atoms with Crippen molar-refractivity contribution in [3.63, 3.8) is 0 Å². The SMILES string of the molecule is C=CCCC(CC(C)(C)C)C(=O)CC(C)(C)C. The molecule has 0 aliphatic heterocycles. The molecule has 1 atom stereocenters.